The van der Waals surface area contributed by atoms with E-state index < -0.39 is 0 Å². The molecule has 1 aliphatic carbocycles. The molecule has 0 spiro atoms. The predicted octanol–water partition coefficient (Wildman–Crippen LogP) is 10.5. The summed E-state index contributed by atoms with van der Waals surface area (Å²) < 4.78 is 0. The largest absolute Gasteiger partial charge is 0.321 e. The van der Waals surface area contributed by atoms with Gasteiger partial charge in [0.15, 0.2) is 0 Å². The van der Waals surface area contributed by atoms with Crippen molar-refractivity contribution in [1.29, 1.82) is 0 Å². The number of aryl methyl sites for hydroxylation is 6. The molecular weight excluding hydrogens is 491 g/mol. The lowest BCUT2D eigenvalue weighted by Gasteiger charge is -2.42. The minimum atomic E-state index is 0.113. The highest BCUT2D eigenvalue weighted by molar-refractivity contribution is 7.45. The SMILES string of the molecule is CC(C)=C/C=C(/PC(C)(C)C1CCCCC1)C1N(c2c(C)cc(C)cc2C)C=CN1c1c(C)cc(C)cc1C. The first-order valence-electron chi connectivity index (χ1n) is 14.9. The second kappa shape index (κ2) is 12.1. The maximum atomic E-state index is 2.57. The molecule has 0 amide bonds. The summed E-state index contributed by atoms with van der Waals surface area (Å²) in [7, 11) is 0.752. The van der Waals surface area contributed by atoms with E-state index in [1.807, 2.05) is 0 Å². The minimum Gasteiger partial charge on any atom is -0.321 e. The molecule has 1 atom stereocenters. The number of anilines is 2. The van der Waals surface area contributed by atoms with Crippen molar-refractivity contribution in [3.8, 4) is 0 Å². The van der Waals surface area contributed by atoms with Gasteiger partial charge in [-0.1, -0.05) is 94.8 Å². The molecule has 1 saturated carbocycles. The highest BCUT2D eigenvalue weighted by atomic mass is 31.1. The van der Waals surface area contributed by atoms with E-state index in [4.69, 9.17) is 0 Å². The molecular formula is C36H51N2P. The molecule has 4 rings (SSSR count). The summed E-state index contributed by atoms with van der Waals surface area (Å²) in [4.78, 5) is 5.13. The maximum Gasteiger partial charge on any atom is 0.136 e. The summed E-state index contributed by atoms with van der Waals surface area (Å²) in [5.74, 6) is 0.793. The predicted molar refractivity (Wildman–Crippen MR) is 176 cm³/mol. The van der Waals surface area contributed by atoms with E-state index in [1.165, 1.54) is 87.7 Å². The molecule has 0 saturated heterocycles. The highest BCUT2D eigenvalue weighted by Gasteiger charge is 2.39. The van der Waals surface area contributed by atoms with Crippen LogP contribution in [-0.4, -0.2) is 11.3 Å². The van der Waals surface area contributed by atoms with Crippen LogP contribution in [-0.2, 0) is 0 Å². The summed E-state index contributed by atoms with van der Waals surface area (Å²) in [5, 5.41) is 1.80. The molecule has 210 valence electrons. The Balaban J connectivity index is 1.89. The summed E-state index contributed by atoms with van der Waals surface area (Å²) in [6.07, 6.45) is 16.5. The van der Waals surface area contributed by atoms with Gasteiger partial charge in [-0.25, -0.2) is 0 Å². The number of hydrogen-bond acceptors (Lipinski definition) is 2. The average Bonchev–Trinajstić information content (AvgIpc) is 3.24. The minimum absolute atomic E-state index is 0.113. The Hall–Kier alpha value is -2.31. The summed E-state index contributed by atoms with van der Waals surface area (Å²) >= 11 is 0. The molecule has 3 heteroatoms. The number of rotatable bonds is 7. The van der Waals surface area contributed by atoms with Crippen molar-refractivity contribution in [2.45, 2.75) is 113 Å². The number of nitrogens with zero attached hydrogens (tertiary/aromatic N) is 2. The molecule has 1 unspecified atom stereocenters. The van der Waals surface area contributed by atoms with Crippen LogP contribution in [0.25, 0.3) is 0 Å². The van der Waals surface area contributed by atoms with Crippen LogP contribution in [0.3, 0.4) is 0 Å². The van der Waals surface area contributed by atoms with Gasteiger partial charge >= 0.3 is 0 Å². The van der Waals surface area contributed by atoms with Gasteiger partial charge in [0.25, 0.3) is 0 Å². The van der Waals surface area contributed by atoms with Crippen molar-refractivity contribution in [3.05, 3.63) is 93.1 Å². The molecule has 2 aliphatic rings. The van der Waals surface area contributed by atoms with Crippen molar-refractivity contribution in [2.75, 3.05) is 9.80 Å². The van der Waals surface area contributed by atoms with Crippen LogP contribution >= 0.6 is 8.58 Å². The van der Waals surface area contributed by atoms with Gasteiger partial charge in [0, 0.05) is 23.8 Å². The molecule has 0 aromatic heterocycles. The van der Waals surface area contributed by atoms with E-state index in [0.717, 1.165) is 14.5 Å². The fourth-order valence-corrected chi connectivity index (χ4v) is 8.85. The Bertz CT molecular complexity index is 1170. The quantitative estimate of drug-likeness (QED) is 0.254. The van der Waals surface area contributed by atoms with E-state index in [-0.39, 0.29) is 11.3 Å². The Morgan fingerprint density at radius 1 is 0.718 bits per heavy atom. The molecule has 0 radical (unpaired) electrons. The molecule has 1 aliphatic heterocycles. The van der Waals surface area contributed by atoms with Crippen LogP contribution in [0.5, 0.6) is 0 Å². The Kier molecular flexibility index (Phi) is 9.17. The standard InChI is InChI=1S/C36H51N2P/c1-24(2)16-17-32(39-36(9,10)31-14-12-11-13-15-31)35-37(33-27(5)20-25(3)21-28(33)6)18-19-38(35)34-29(7)22-26(4)23-30(34)8/h16-23,31,35,39H,11-15H2,1-10H3/b32-17+. The highest BCUT2D eigenvalue weighted by Crippen LogP contribution is 2.52. The van der Waals surface area contributed by atoms with Gasteiger partial charge < -0.3 is 9.80 Å². The summed E-state index contributed by atoms with van der Waals surface area (Å²) in [6.45, 7) is 23.0. The van der Waals surface area contributed by atoms with Crippen LogP contribution in [0.4, 0.5) is 11.4 Å². The second-order valence-electron chi connectivity index (χ2n) is 13.0. The van der Waals surface area contributed by atoms with Gasteiger partial charge in [0.05, 0.1) is 0 Å². The summed E-state index contributed by atoms with van der Waals surface area (Å²) in [6, 6.07) is 9.36. The maximum absolute atomic E-state index is 2.57. The van der Waals surface area contributed by atoms with Crippen LogP contribution < -0.4 is 9.80 Å². The molecule has 2 aromatic carbocycles. The van der Waals surface area contributed by atoms with Crippen LogP contribution in [0.15, 0.2) is 59.7 Å². The number of benzene rings is 2. The first kappa shape index (κ1) is 29.7. The third-order valence-corrected chi connectivity index (χ3v) is 10.4. The van der Waals surface area contributed by atoms with Crippen LogP contribution in [0.1, 0.15) is 93.2 Å². The average molecular weight is 543 g/mol. The van der Waals surface area contributed by atoms with Crippen molar-refractivity contribution < 1.29 is 0 Å². The Morgan fingerprint density at radius 2 is 1.15 bits per heavy atom. The topological polar surface area (TPSA) is 6.48 Å². The van der Waals surface area contributed by atoms with E-state index in [1.54, 1.807) is 0 Å². The smallest absolute Gasteiger partial charge is 0.136 e. The van der Waals surface area contributed by atoms with E-state index in [9.17, 15) is 0 Å². The van der Waals surface area contributed by atoms with Gasteiger partial charge in [-0.3, -0.25) is 0 Å². The van der Waals surface area contributed by atoms with E-state index in [0.29, 0.717) is 0 Å². The second-order valence-corrected chi connectivity index (χ2v) is 15.1. The molecule has 0 bridgehead atoms. The molecule has 2 aromatic rings. The molecule has 2 nitrogen and oxygen atoms in total. The Morgan fingerprint density at radius 3 is 1.56 bits per heavy atom. The first-order valence-corrected chi connectivity index (χ1v) is 15.9. The van der Waals surface area contributed by atoms with Gasteiger partial charge in [-0.15, -0.1) is 0 Å². The zero-order valence-corrected chi connectivity index (χ0v) is 27.2. The monoisotopic (exact) mass is 542 g/mol. The lowest BCUT2D eigenvalue weighted by atomic mass is 9.81. The zero-order chi connectivity index (χ0) is 28.5. The fraction of sp³-hybridized carbons (Fsp3) is 0.500. The lowest BCUT2D eigenvalue weighted by Crippen LogP contribution is -2.42. The zero-order valence-electron chi connectivity index (χ0n) is 26.2. The molecule has 1 fully saturated rings. The van der Waals surface area contributed by atoms with Crippen LogP contribution in [0.2, 0.25) is 0 Å². The molecule has 1 heterocycles. The summed E-state index contributed by atoms with van der Waals surface area (Å²) in [5.41, 5.74) is 12.1. The third kappa shape index (κ3) is 6.54. The van der Waals surface area contributed by atoms with Gasteiger partial charge in [-0.2, -0.15) is 0 Å². The van der Waals surface area contributed by atoms with E-state index in [2.05, 4.69) is 128 Å². The lowest BCUT2D eigenvalue weighted by molar-refractivity contribution is 0.301. The number of hydrogen-bond donors (Lipinski definition) is 0. The van der Waals surface area contributed by atoms with Crippen molar-refractivity contribution in [3.63, 3.8) is 0 Å². The van der Waals surface area contributed by atoms with Crippen LogP contribution in [0, 0.1) is 47.5 Å². The fourth-order valence-electron chi connectivity index (χ4n) is 7.04. The molecule has 0 N–H and O–H groups in total. The van der Waals surface area contributed by atoms with Gasteiger partial charge in [0.2, 0.25) is 0 Å². The van der Waals surface area contributed by atoms with Crippen molar-refractivity contribution in [1.82, 2.24) is 0 Å². The first-order chi connectivity index (χ1) is 18.4. The van der Waals surface area contributed by atoms with E-state index >= 15 is 0 Å². The van der Waals surface area contributed by atoms with Gasteiger partial charge in [0.1, 0.15) is 6.17 Å². The molecule has 39 heavy (non-hydrogen) atoms. The van der Waals surface area contributed by atoms with Crippen molar-refractivity contribution >= 4 is 20.0 Å². The normalized spacial score (nSPS) is 17.6. The Labute approximate surface area is 241 Å². The number of allylic oxidation sites excluding steroid dienone is 3. The van der Waals surface area contributed by atoms with Crippen molar-refractivity contribution in [2.24, 2.45) is 5.92 Å². The van der Waals surface area contributed by atoms with Gasteiger partial charge in [-0.05, 0) is 107 Å². The third-order valence-electron chi connectivity index (χ3n) is 8.67.